The van der Waals surface area contributed by atoms with Crippen molar-refractivity contribution in [2.24, 2.45) is 5.92 Å². The smallest absolute Gasteiger partial charge is 0.119 e. The molecule has 2 aliphatic carbocycles. The predicted octanol–water partition coefficient (Wildman–Crippen LogP) is 3.12. The van der Waals surface area contributed by atoms with Crippen molar-refractivity contribution in [3.63, 3.8) is 0 Å². The molecular formula is C15H21NO. The molecule has 0 heterocycles. The zero-order valence-electron chi connectivity index (χ0n) is 10.3. The summed E-state index contributed by atoms with van der Waals surface area (Å²) in [5.74, 6) is 1.97. The number of hydrogen-bond acceptors (Lipinski definition) is 2. The summed E-state index contributed by atoms with van der Waals surface area (Å²) in [5.41, 5.74) is 1.35. The first kappa shape index (κ1) is 11.1. The van der Waals surface area contributed by atoms with Crippen molar-refractivity contribution in [1.82, 2.24) is 5.32 Å². The lowest BCUT2D eigenvalue weighted by molar-refractivity contribution is 0.302. The molecule has 0 amide bonds. The third-order valence-corrected chi connectivity index (χ3v) is 3.59. The summed E-state index contributed by atoms with van der Waals surface area (Å²) in [6, 6.07) is 9.31. The van der Waals surface area contributed by atoms with Crippen LogP contribution in [-0.2, 0) is 6.54 Å². The molecule has 0 spiro atoms. The van der Waals surface area contributed by atoms with E-state index in [1.807, 2.05) is 0 Å². The molecule has 0 aliphatic heterocycles. The van der Waals surface area contributed by atoms with Gasteiger partial charge in [0.25, 0.3) is 0 Å². The second-order valence-electron chi connectivity index (χ2n) is 5.38. The van der Waals surface area contributed by atoms with Crippen molar-refractivity contribution in [3.05, 3.63) is 29.8 Å². The van der Waals surface area contributed by atoms with E-state index in [4.69, 9.17) is 4.74 Å². The molecule has 0 bridgehead atoms. The van der Waals surface area contributed by atoms with Crippen LogP contribution in [0.1, 0.15) is 37.7 Å². The summed E-state index contributed by atoms with van der Waals surface area (Å²) in [4.78, 5) is 0. The van der Waals surface area contributed by atoms with Crippen molar-refractivity contribution in [2.75, 3.05) is 6.61 Å². The number of ether oxygens (including phenoxy) is 1. The number of nitrogens with one attached hydrogen (secondary N) is 1. The van der Waals surface area contributed by atoms with E-state index in [1.165, 1.54) is 37.7 Å². The minimum absolute atomic E-state index is 0.782. The van der Waals surface area contributed by atoms with Crippen LogP contribution in [0.4, 0.5) is 0 Å². The van der Waals surface area contributed by atoms with Gasteiger partial charge >= 0.3 is 0 Å². The lowest BCUT2D eigenvalue weighted by atomic mass is 10.2. The molecule has 2 fully saturated rings. The van der Waals surface area contributed by atoms with E-state index < -0.39 is 0 Å². The van der Waals surface area contributed by atoms with Crippen molar-refractivity contribution < 1.29 is 4.74 Å². The fraction of sp³-hybridized carbons (Fsp3) is 0.600. The van der Waals surface area contributed by atoms with Gasteiger partial charge in [-0.2, -0.15) is 0 Å². The maximum Gasteiger partial charge on any atom is 0.119 e. The highest BCUT2D eigenvalue weighted by atomic mass is 16.5. The average Bonchev–Trinajstić information content (AvgIpc) is 3.23. The van der Waals surface area contributed by atoms with Gasteiger partial charge in [0, 0.05) is 12.6 Å². The van der Waals surface area contributed by atoms with Crippen LogP contribution >= 0.6 is 0 Å². The number of benzene rings is 1. The Balaban J connectivity index is 1.41. The first-order valence-electron chi connectivity index (χ1n) is 6.85. The largest absolute Gasteiger partial charge is 0.494 e. The van der Waals surface area contributed by atoms with Gasteiger partial charge in [0.1, 0.15) is 5.75 Å². The minimum Gasteiger partial charge on any atom is -0.494 e. The Hall–Kier alpha value is -1.02. The van der Waals surface area contributed by atoms with E-state index in [2.05, 4.69) is 29.6 Å². The SMILES string of the molecule is c1cc(OCCC2CC2)ccc1CNC1CC1. The van der Waals surface area contributed by atoms with Crippen molar-refractivity contribution in [1.29, 1.82) is 0 Å². The van der Waals surface area contributed by atoms with Crippen LogP contribution in [0.3, 0.4) is 0 Å². The van der Waals surface area contributed by atoms with E-state index in [-0.39, 0.29) is 0 Å². The molecule has 3 rings (SSSR count). The lowest BCUT2D eigenvalue weighted by Crippen LogP contribution is -2.15. The zero-order valence-corrected chi connectivity index (χ0v) is 10.3. The van der Waals surface area contributed by atoms with Gasteiger partial charge in [-0.05, 0) is 42.9 Å². The first-order valence-corrected chi connectivity index (χ1v) is 6.85. The van der Waals surface area contributed by atoms with Crippen molar-refractivity contribution >= 4 is 0 Å². The number of hydrogen-bond donors (Lipinski definition) is 1. The summed E-state index contributed by atoms with van der Waals surface area (Å²) in [6.07, 6.45) is 6.75. The van der Waals surface area contributed by atoms with Gasteiger partial charge in [-0.1, -0.05) is 25.0 Å². The highest BCUT2D eigenvalue weighted by Gasteiger charge is 2.21. The van der Waals surface area contributed by atoms with E-state index in [0.29, 0.717) is 0 Å². The highest BCUT2D eigenvalue weighted by Crippen LogP contribution is 2.32. The van der Waals surface area contributed by atoms with Gasteiger partial charge in [0.2, 0.25) is 0 Å². The Kier molecular flexibility index (Phi) is 3.32. The topological polar surface area (TPSA) is 21.3 Å². The lowest BCUT2D eigenvalue weighted by Gasteiger charge is -2.07. The molecule has 2 nitrogen and oxygen atoms in total. The quantitative estimate of drug-likeness (QED) is 0.778. The van der Waals surface area contributed by atoms with Crippen LogP contribution in [0.5, 0.6) is 5.75 Å². The van der Waals surface area contributed by atoms with Crippen LogP contribution in [0.25, 0.3) is 0 Å². The summed E-state index contributed by atoms with van der Waals surface area (Å²) in [6.45, 7) is 1.87. The molecule has 0 radical (unpaired) electrons. The maximum atomic E-state index is 5.73. The molecular weight excluding hydrogens is 210 g/mol. The molecule has 0 aromatic heterocycles. The molecule has 17 heavy (non-hydrogen) atoms. The Morgan fingerprint density at radius 3 is 2.47 bits per heavy atom. The third kappa shape index (κ3) is 3.74. The molecule has 2 saturated carbocycles. The van der Waals surface area contributed by atoms with Gasteiger partial charge in [0.15, 0.2) is 0 Å². The molecule has 1 aromatic rings. The summed E-state index contributed by atoms with van der Waals surface area (Å²) in [5, 5.41) is 3.52. The standard InChI is InChI=1S/C15H21NO/c1-2-12(1)9-10-17-15-7-3-13(4-8-15)11-16-14-5-6-14/h3-4,7-8,12,14,16H,1-2,5-6,9-11H2. The first-order chi connectivity index (χ1) is 8.40. The maximum absolute atomic E-state index is 5.73. The molecule has 0 saturated heterocycles. The van der Waals surface area contributed by atoms with E-state index in [9.17, 15) is 0 Å². The zero-order chi connectivity index (χ0) is 11.5. The summed E-state index contributed by atoms with van der Waals surface area (Å²) >= 11 is 0. The molecule has 92 valence electrons. The van der Waals surface area contributed by atoms with Gasteiger partial charge in [0.05, 0.1) is 6.61 Å². The Bertz CT molecular complexity index is 352. The van der Waals surface area contributed by atoms with E-state index in [1.54, 1.807) is 0 Å². The van der Waals surface area contributed by atoms with Crippen LogP contribution < -0.4 is 10.1 Å². The Morgan fingerprint density at radius 1 is 1.06 bits per heavy atom. The van der Waals surface area contributed by atoms with Gasteiger partial charge < -0.3 is 10.1 Å². The van der Waals surface area contributed by atoms with Crippen LogP contribution in [0.2, 0.25) is 0 Å². The van der Waals surface area contributed by atoms with Gasteiger partial charge in [-0.25, -0.2) is 0 Å². The van der Waals surface area contributed by atoms with E-state index in [0.717, 1.165) is 30.9 Å². The molecule has 0 atom stereocenters. The van der Waals surface area contributed by atoms with Gasteiger partial charge in [-0.3, -0.25) is 0 Å². The molecule has 2 heteroatoms. The van der Waals surface area contributed by atoms with Gasteiger partial charge in [-0.15, -0.1) is 0 Å². The Labute approximate surface area is 103 Å². The molecule has 2 aliphatic rings. The normalized spacial score (nSPS) is 19.3. The van der Waals surface area contributed by atoms with E-state index >= 15 is 0 Å². The van der Waals surface area contributed by atoms with Crippen molar-refractivity contribution in [2.45, 2.75) is 44.7 Å². The fourth-order valence-corrected chi connectivity index (χ4v) is 2.00. The second-order valence-corrected chi connectivity index (χ2v) is 5.38. The summed E-state index contributed by atoms with van der Waals surface area (Å²) < 4.78 is 5.73. The van der Waals surface area contributed by atoms with Crippen molar-refractivity contribution in [3.8, 4) is 5.75 Å². The highest BCUT2D eigenvalue weighted by molar-refractivity contribution is 5.27. The molecule has 1 aromatic carbocycles. The summed E-state index contributed by atoms with van der Waals surface area (Å²) in [7, 11) is 0. The molecule has 0 unspecified atom stereocenters. The average molecular weight is 231 g/mol. The monoisotopic (exact) mass is 231 g/mol. The molecule has 1 N–H and O–H groups in total. The van der Waals surface area contributed by atoms with Crippen LogP contribution in [0, 0.1) is 5.92 Å². The van der Waals surface area contributed by atoms with Crippen LogP contribution in [-0.4, -0.2) is 12.6 Å². The van der Waals surface area contributed by atoms with Crippen LogP contribution in [0.15, 0.2) is 24.3 Å². The Morgan fingerprint density at radius 2 is 1.82 bits per heavy atom. The minimum atomic E-state index is 0.782. The second kappa shape index (κ2) is 5.09. The third-order valence-electron chi connectivity index (χ3n) is 3.59. The number of rotatable bonds is 7. The fourth-order valence-electron chi connectivity index (χ4n) is 2.00. The predicted molar refractivity (Wildman–Crippen MR) is 69.1 cm³/mol.